The Hall–Kier alpha value is -1.84. The molecule has 1 fully saturated rings. The first-order chi connectivity index (χ1) is 8.20. The summed E-state index contributed by atoms with van der Waals surface area (Å²) in [5.41, 5.74) is 6.84. The number of benzene rings is 1. The van der Waals surface area contributed by atoms with Gasteiger partial charge < -0.3 is 11.1 Å². The van der Waals surface area contributed by atoms with Crippen molar-refractivity contribution in [2.45, 2.75) is 18.4 Å². The van der Waals surface area contributed by atoms with Crippen LogP contribution in [0.25, 0.3) is 0 Å². The molecule has 2 atom stereocenters. The van der Waals surface area contributed by atoms with Crippen molar-refractivity contribution < 1.29 is 4.39 Å². The van der Waals surface area contributed by atoms with Crippen LogP contribution in [0.15, 0.2) is 41.9 Å². The van der Waals surface area contributed by atoms with Crippen molar-refractivity contribution in [3.63, 3.8) is 0 Å². The van der Waals surface area contributed by atoms with E-state index in [9.17, 15) is 4.39 Å². The Balaban J connectivity index is 1.88. The summed E-state index contributed by atoms with van der Waals surface area (Å²) in [5.74, 6) is 0.651. The lowest BCUT2D eigenvalue weighted by molar-refractivity contribution is 0.627. The minimum atomic E-state index is -0.203. The third-order valence-electron chi connectivity index (χ3n) is 2.81. The molecule has 0 amide bonds. The van der Waals surface area contributed by atoms with E-state index in [4.69, 9.17) is 5.73 Å². The summed E-state index contributed by atoms with van der Waals surface area (Å²) in [6.07, 6.45) is 2.70. The van der Waals surface area contributed by atoms with Gasteiger partial charge in [-0.15, -0.1) is 6.58 Å². The van der Waals surface area contributed by atoms with E-state index in [1.807, 2.05) is 12.1 Å². The van der Waals surface area contributed by atoms with Crippen LogP contribution in [0.3, 0.4) is 0 Å². The monoisotopic (exact) mass is 233 g/mol. The Bertz CT molecular complexity index is 425. The van der Waals surface area contributed by atoms with Gasteiger partial charge in [0.25, 0.3) is 0 Å². The van der Waals surface area contributed by atoms with Crippen LogP contribution < -0.4 is 11.1 Å². The second kappa shape index (κ2) is 4.99. The van der Waals surface area contributed by atoms with Gasteiger partial charge in [-0.2, -0.15) is 0 Å². The van der Waals surface area contributed by atoms with Gasteiger partial charge in [-0.3, -0.25) is 0 Å². The predicted octanol–water partition coefficient (Wildman–Crippen LogP) is 1.77. The Labute approximate surface area is 100 Å². The molecule has 0 unspecified atom stereocenters. The average molecular weight is 233 g/mol. The van der Waals surface area contributed by atoms with Crippen molar-refractivity contribution in [1.82, 2.24) is 5.32 Å². The van der Waals surface area contributed by atoms with E-state index in [-0.39, 0.29) is 5.82 Å². The Morgan fingerprint density at radius 3 is 2.88 bits per heavy atom. The molecule has 17 heavy (non-hydrogen) atoms. The largest absolute Gasteiger partial charge is 0.370 e. The van der Waals surface area contributed by atoms with E-state index in [1.165, 1.54) is 12.1 Å². The van der Waals surface area contributed by atoms with E-state index in [2.05, 4.69) is 16.9 Å². The highest BCUT2D eigenvalue weighted by molar-refractivity contribution is 5.78. The third kappa shape index (κ3) is 3.06. The maximum Gasteiger partial charge on any atom is 0.189 e. The van der Waals surface area contributed by atoms with Gasteiger partial charge in [0.05, 0.1) is 6.54 Å². The fourth-order valence-corrected chi connectivity index (χ4v) is 1.83. The molecule has 4 heteroatoms. The standard InChI is InChI=1S/C13H16FN3/c1-2-7-16-13(15)17-12-8-11(12)9-3-5-10(14)6-4-9/h2-6,11-12H,1,7-8H2,(H3,15,16,17)/t11-,12+/m0/s1. The molecule has 3 nitrogen and oxygen atoms in total. The number of hydrogen-bond donors (Lipinski definition) is 2. The zero-order valence-corrected chi connectivity index (χ0v) is 9.57. The summed E-state index contributed by atoms with van der Waals surface area (Å²) in [5, 5.41) is 3.14. The maximum atomic E-state index is 12.8. The summed E-state index contributed by atoms with van der Waals surface area (Å²) >= 11 is 0. The number of nitrogens with one attached hydrogen (secondary N) is 1. The number of halogens is 1. The van der Waals surface area contributed by atoms with Gasteiger partial charge >= 0.3 is 0 Å². The molecule has 0 spiro atoms. The molecule has 1 saturated carbocycles. The molecule has 2 rings (SSSR count). The van der Waals surface area contributed by atoms with Gasteiger partial charge in [-0.1, -0.05) is 18.2 Å². The van der Waals surface area contributed by atoms with Crippen LogP contribution >= 0.6 is 0 Å². The lowest BCUT2D eigenvalue weighted by Gasteiger charge is -2.04. The quantitative estimate of drug-likeness (QED) is 0.473. The first kappa shape index (κ1) is 11.6. The maximum absolute atomic E-state index is 12.8. The minimum absolute atomic E-state index is 0.203. The van der Waals surface area contributed by atoms with E-state index in [0.29, 0.717) is 24.5 Å². The van der Waals surface area contributed by atoms with Gasteiger partial charge in [0, 0.05) is 12.0 Å². The van der Waals surface area contributed by atoms with Crippen LogP contribution in [0, 0.1) is 5.82 Å². The smallest absolute Gasteiger partial charge is 0.189 e. The zero-order valence-electron chi connectivity index (χ0n) is 9.57. The normalized spacial score (nSPS) is 23.2. The summed E-state index contributed by atoms with van der Waals surface area (Å²) in [6, 6.07) is 6.92. The van der Waals surface area contributed by atoms with Crippen molar-refractivity contribution in [3.8, 4) is 0 Å². The number of nitrogens with zero attached hydrogens (tertiary/aromatic N) is 1. The van der Waals surface area contributed by atoms with Crippen LogP contribution in [0.5, 0.6) is 0 Å². The van der Waals surface area contributed by atoms with Crippen LogP contribution in [0.2, 0.25) is 0 Å². The Morgan fingerprint density at radius 2 is 2.24 bits per heavy atom. The van der Waals surface area contributed by atoms with E-state index < -0.39 is 0 Å². The van der Waals surface area contributed by atoms with E-state index in [1.54, 1.807) is 6.08 Å². The summed E-state index contributed by atoms with van der Waals surface area (Å²) in [6.45, 7) is 4.09. The van der Waals surface area contributed by atoms with Crippen LogP contribution in [-0.4, -0.2) is 18.5 Å². The predicted molar refractivity (Wildman–Crippen MR) is 67.4 cm³/mol. The van der Waals surface area contributed by atoms with Crippen LogP contribution in [-0.2, 0) is 0 Å². The highest BCUT2D eigenvalue weighted by Crippen LogP contribution is 2.40. The Morgan fingerprint density at radius 1 is 1.53 bits per heavy atom. The van der Waals surface area contributed by atoms with Gasteiger partial charge in [-0.25, -0.2) is 9.38 Å². The van der Waals surface area contributed by atoms with E-state index in [0.717, 1.165) is 12.0 Å². The minimum Gasteiger partial charge on any atom is -0.370 e. The van der Waals surface area contributed by atoms with Crippen molar-refractivity contribution in [2.24, 2.45) is 10.7 Å². The van der Waals surface area contributed by atoms with Crippen molar-refractivity contribution >= 4 is 5.96 Å². The topological polar surface area (TPSA) is 50.4 Å². The zero-order chi connectivity index (χ0) is 12.3. The molecule has 0 heterocycles. The Kier molecular flexibility index (Phi) is 3.42. The van der Waals surface area contributed by atoms with Crippen LogP contribution in [0.4, 0.5) is 4.39 Å². The first-order valence-electron chi connectivity index (χ1n) is 5.63. The lowest BCUT2D eigenvalue weighted by atomic mass is 10.1. The number of aliphatic imine (C=N–C) groups is 1. The van der Waals surface area contributed by atoms with Gasteiger partial charge in [-0.05, 0) is 24.1 Å². The van der Waals surface area contributed by atoms with Crippen molar-refractivity contribution in [2.75, 3.05) is 6.54 Å². The molecule has 0 bridgehead atoms. The summed E-state index contributed by atoms with van der Waals surface area (Å²) < 4.78 is 12.8. The molecule has 0 aromatic heterocycles. The second-order valence-corrected chi connectivity index (χ2v) is 4.16. The van der Waals surface area contributed by atoms with Crippen molar-refractivity contribution in [3.05, 3.63) is 48.3 Å². The SMILES string of the molecule is C=CCN=C(N)N[C@@H]1C[C@H]1c1ccc(F)cc1. The second-order valence-electron chi connectivity index (χ2n) is 4.16. The molecular weight excluding hydrogens is 217 g/mol. The highest BCUT2D eigenvalue weighted by atomic mass is 19.1. The molecule has 90 valence electrons. The highest BCUT2D eigenvalue weighted by Gasteiger charge is 2.38. The first-order valence-corrected chi connectivity index (χ1v) is 5.63. The molecule has 1 aliphatic rings. The molecule has 0 saturated heterocycles. The molecule has 1 aliphatic carbocycles. The molecule has 1 aromatic carbocycles. The fraction of sp³-hybridized carbons (Fsp3) is 0.308. The lowest BCUT2D eigenvalue weighted by Crippen LogP contribution is -2.34. The van der Waals surface area contributed by atoms with Crippen molar-refractivity contribution in [1.29, 1.82) is 0 Å². The summed E-state index contributed by atoms with van der Waals surface area (Å²) in [7, 11) is 0. The average Bonchev–Trinajstić information content (AvgIpc) is 3.06. The molecule has 0 radical (unpaired) electrons. The van der Waals surface area contributed by atoms with Gasteiger partial charge in [0.15, 0.2) is 5.96 Å². The van der Waals surface area contributed by atoms with E-state index >= 15 is 0 Å². The van der Waals surface area contributed by atoms with Crippen LogP contribution in [0.1, 0.15) is 17.9 Å². The molecule has 1 aromatic rings. The molecule has 0 aliphatic heterocycles. The molecule has 3 N–H and O–H groups in total. The van der Waals surface area contributed by atoms with Gasteiger partial charge in [0.1, 0.15) is 5.82 Å². The number of hydrogen-bond acceptors (Lipinski definition) is 1. The summed E-state index contributed by atoms with van der Waals surface area (Å²) in [4.78, 5) is 4.07. The fourth-order valence-electron chi connectivity index (χ4n) is 1.83. The number of guanidine groups is 1. The number of rotatable bonds is 4. The number of nitrogens with two attached hydrogens (primary N) is 1. The molecular formula is C13H16FN3. The van der Waals surface area contributed by atoms with Gasteiger partial charge in [0.2, 0.25) is 0 Å². The third-order valence-corrected chi connectivity index (χ3v) is 2.81.